The summed E-state index contributed by atoms with van der Waals surface area (Å²) in [6.07, 6.45) is 20.4. The van der Waals surface area contributed by atoms with E-state index in [-0.39, 0.29) is 36.8 Å². The number of allylic oxidation sites excluding steroid dienone is 10. The molecule has 0 aromatic carbocycles. The van der Waals surface area contributed by atoms with Crippen molar-refractivity contribution in [3.05, 3.63) is 60.8 Å². The Morgan fingerprint density at radius 3 is 1.00 bits per heavy atom. The van der Waals surface area contributed by atoms with Gasteiger partial charge in [-0.1, -0.05) is 48.6 Å². The van der Waals surface area contributed by atoms with Crippen LogP contribution in [0.5, 0.6) is 0 Å². The molecule has 0 aliphatic carbocycles. The zero-order chi connectivity index (χ0) is 25.0. The number of aliphatic imine (C=N–C) groups is 4. The van der Waals surface area contributed by atoms with Crippen molar-refractivity contribution in [1.29, 1.82) is 10.8 Å². The lowest BCUT2D eigenvalue weighted by atomic mass is 10.3. The average Bonchev–Trinajstić information content (AvgIpc) is 2.68. The van der Waals surface area contributed by atoms with E-state index in [2.05, 4.69) is 20.0 Å². The van der Waals surface area contributed by atoms with Crippen LogP contribution < -0.4 is 22.9 Å². The predicted octanol–water partition coefficient (Wildman–Crippen LogP) is -0.273. The first-order valence-electron chi connectivity index (χ1n) is 8.17. The van der Waals surface area contributed by atoms with E-state index in [0.29, 0.717) is 0 Å². The standard InChI is InChI=1S/C16H22N10.2CH2O2/c17-13(18)25-15(21)23-11-9-7-5-3-1-2-4-6-8-10-12-24-16(22)26-14(19)20;2*2-1-3/h1-12H,(H5,17,18,21,25)(H5,19,20,22,26);2*1H,(H,2,3). The van der Waals surface area contributed by atoms with Crippen LogP contribution in [0.3, 0.4) is 0 Å². The van der Waals surface area contributed by atoms with Crippen molar-refractivity contribution >= 4 is 49.2 Å². The minimum atomic E-state index is -0.269. The van der Waals surface area contributed by atoms with Crippen LogP contribution in [0.2, 0.25) is 0 Å². The van der Waals surface area contributed by atoms with Crippen LogP contribution in [-0.2, 0) is 9.59 Å². The molecule has 0 aromatic rings. The fourth-order valence-corrected chi connectivity index (χ4v) is 1.14. The van der Waals surface area contributed by atoms with E-state index < -0.39 is 0 Å². The van der Waals surface area contributed by atoms with Crippen LogP contribution in [0.1, 0.15) is 0 Å². The number of hydrogen-bond donors (Lipinski definition) is 8. The molecule has 0 fully saturated rings. The molecule has 0 unspecified atom stereocenters. The molecule has 0 aliphatic rings. The van der Waals surface area contributed by atoms with Crippen molar-refractivity contribution in [1.82, 2.24) is 0 Å². The molecule has 32 heavy (non-hydrogen) atoms. The molecule has 0 amide bonds. The maximum absolute atomic E-state index is 8.36. The van der Waals surface area contributed by atoms with Gasteiger partial charge in [0.25, 0.3) is 12.9 Å². The van der Waals surface area contributed by atoms with Crippen molar-refractivity contribution in [2.24, 2.45) is 42.9 Å². The molecular formula is C18H26N10O4. The molecule has 0 rings (SSSR count). The third kappa shape index (κ3) is 35.9. The lowest BCUT2D eigenvalue weighted by Crippen LogP contribution is -2.23. The normalized spacial score (nSPS) is 10.9. The number of carbonyl (C=O) groups is 2. The second-order valence-corrected chi connectivity index (χ2v) is 4.41. The monoisotopic (exact) mass is 446 g/mol. The maximum Gasteiger partial charge on any atom is 0.290 e. The second kappa shape index (κ2) is 25.9. The zero-order valence-corrected chi connectivity index (χ0v) is 16.9. The number of nitrogens with zero attached hydrogens (tertiary/aromatic N) is 4. The maximum atomic E-state index is 8.36. The number of hydrogen-bond acceptors (Lipinski definition) is 4. The van der Waals surface area contributed by atoms with E-state index in [1.807, 2.05) is 24.3 Å². The Balaban J connectivity index is -0.00000125. The highest BCUT2D eigenvalue weighted by Crippen LogP contribution is 1.84. The van der Waals surface area contributed by atoms with Gasteiger partial charge in [-0.2, -0.15) is 9.98 Å². The molecule has 14 nitrogen and oxygen atoms in total. The Hall–Kier alpha value is -5.14. The molecule has 0 radical (unpaired) electrons. The third-order valence-electron chi connectivity index (χ3n) is 2.04. The van der Waals surface area contributed by atoms with Crippen molar-refractivity contribution < 1.29 is 19.8 Å². The largest absolute Gasteiger partial charge is 0.483 e. The molecule has 0 bridgehead atoms. The fraction of sp³-hybridized carbons (Fsp3) is 0. The number of nitrogens with one attached hydrogen (secondary N) is 2. The first kappa shape index (κ1) is 31.6. The highest BCUT2D eigenvalue weighted by molar-refractivity contribution is 5.97. The topological polar surface area (TPSA) is 276 Å². The van der Waals surface area contributed by atoms with E-state index in [1.165, 1.54) is 12.4 Å². The van der Waals surface area contributed by atoms with Gasteiger partial charge >= 0.3 is 0 Å². The van der Waals surface area contributed by atoms with E-state index in [1.54, 1.807) is 36.5 Å². The summed E-state index contributed by atoms with van der Waals surface area (Å²) in [6, 6.07) is 0. The quantitative estimate of drug-likeness (QED) is 0.116. The molecule has 0 heterocycles. The second-order valence-electron chi connectivity index (χ2n) is 4.41. The predicted molar refractivity (Wildman–Crippen MR) is 127 cm³/mol. The molecule has 0 saturated heterocycles. The van der Waals surface area contributed by atoms with E-state index in [4.69, 9.17) is 53.6 Å². The number of nitrogens with two attached hydrogens (primary N) is 4. The minimum absolute atomic E-state index is 0.207. The van der Waals surface area contributed by atoms with E-state index in [9.17, 15) is 0 Å². The SMILES string of the molecule is N=C(N=CC=CC=CC=CC=CC=CC=NC(=N)N=C(N)N)N=C(N)N.O=CO.O=CO. The van der Waals surface area contributed by atoms with Crippen LogP contribution in [0.25, 0.3) is 0 Å². The van der Waals surface area contributed by atoms with E-state index >= 15 is 0 Å². The van der Waals surface area contributed by atoms with Crippen LogP contribution in [-0.4, -0.2) is 59.4 Å². The highest BCUT2D eigenvalue weighted by atomic mass is 16.3. The Kier molecular flexibility index (Phi) is 25.5. The van der Waals surface area contributed by atoms with Crippen molar-refractivity contribution in [3.63, 3.8) is 0 Å². The summed E-state index contributed by atoms with van der Waals surface area (Å²) in [5.41, 5.74) is 20.4. The molecule has 0 aromatic heterocycles. The van der Waals surface area contributed by atoms with Crippen LogP contribution in [0.15, 0.2) is 80.7 Å². The molecule has 172 valence electrons. The van der Waals surface area contributed by atoms with Gasteiger partial charge in [-0.05, 0) is 12.2 Å². The van der Waals surface area contributed by atoms with Crippen molar-refractivity contribution in [2.45, 2.75) is 0 Å². The van der Waals surface area contributed by atoms with Crippen LogP contribution in [0, 0.1) is 10.8 Å². The summed E-state index contributed by atoms with van der Waals surface area (Å²) >= 11 is 0. The first-order valence-corrected chi connectivity index (χ1v) is 8.17. The minimum Gasteiger partial charge on any atom is -0.483 e. The Bertz CT molecular complexity index is 759. The van der Waals surface area contributed by atoms with Gasteiger partial charge in [0.05, 0.1) is 0 Å². The summed E-state index contributed by atoms with van der Waals surface area (Å²) in [5.74, 6) is -0.951. The zero-order valence-electron chi connectivity index (χ0n) is 16.9. The highest BCUT2D eigenvalue weighted by Gasteiger charge is 1.86. The van der Waals surface area contributed by atoms with Crippen LogP contribution in [0.4, 0.5) is 0 Å². The van der Waals surface area contributed by atoms with Gasteiger partial charge in [-0.15, -0.1) is 0 Å². The van der Waals surface area contributed by atoms with Crippen molar-refractivity contribution in [3.8, 4) is 0 Å². The van der Waals surface area contributed by atoms with E-state index in [0.717, 1.165) is 0 Å². The van der Waals surface area contributed by atoms with Gasteiger partial charge in [0.15, 0.2) is 11.9 Å². The number of rotatable bonds is 6. The van der Waals surface area contributed by atoms with Crippen molar-refractivity contribution in [2.75, 3.05) is 0 Å². The lowest BCUT2D eigenvalue weighted by Gasteiger charge is -1.87. The Labute approximate surface area is 184 Å². The lowest BCUT2D eigenvalue weighted by molar-refractivity contribution is -0.123. The Morgan fingerprint density at radius 2 is 0.781 bits per heavy atom. The summed E-state index contributed by atoms with van der Waals surface area (Å²) < 4.78 is 0. The van der Waals surface area contributed by atoms with Gasteiger partial charge < -0.3 is 33.1 Å². The molecule has 0 saturated carbocycles. The fourth-order valence-electron chi connectivity index (χ4n) is 1.14. The summed E-state index contributed by atoms with van der Waals surface area (Å²) in [6.45, 7) is -0.500. The van der Waals surface area contributed by atoms with Crippen LogP contribution >= 0.6 is 0 Å². The summed E-state index contributed by atoms with van der Waals surface area (Å²) in [4.78, 5) is 31.0. The van der Waals surface area contributed by atoms with Gasteiger partial charge in [-0.25, -0.2) is 9.98 Å². The number of guanidine groups is 4. The molecule has 0 spiro atoms. The summed E-state index contributed by atoms with van der Waals surface area (Å²) in [7, 11) is 0. The summed E-state index contributed by atoms with van der Waals surface area (Å²) in [5, 5.41) is 28.3. The van der Waals surface area contributed by atoms with Gasteiger partial charge in [0.2, 0.25) is 11.9 Å². The van der Waals surface area contributed by atoms with Gasteiger partial charge in [0, 0.05) is 12.4 Å². The third-order valence-corrected chi connectivity index (χ3v) is 2.04. The molecule has 14 heteroatoms. The average molecular weight is 446 g/mol. The van der Waals surface area contributed by atoms with Gasteiger partial charge in [0.1, 0.15) is 0 Å². The first-order chi connectivity index (χ1) is 15.2. The smallest absolute Gasteiger partial charge is 0.290 e. The molecule has 0 aliphatic heterocycles. The Morgan fingerprint density at radius 1 is 0.562 bits per heavy atom. The van der Waals surface area contributed by atoms with Gasteiger partial charge in [-0.3, -0.25) is 20.4 Å². The number of carboxylic acid groups (broad SMARTS) is 2. The molecule has 0 atom stereocenters. The molecule has 12 N–H and O–H groups in total. The molecular weight excluding hydrogens is 420 g/mol.